The van der Waals surface area contributed by atoms with Gasteiger partial charge in [0, 0.05) is 31.9 Å². The van der Waals surface area contributed by atoms with Crippen molar-refractivity contribution in [2.24, 2.45) is 0 Å². The van der Waals surface area contributed by atoms with Crippen LogP contribution in [0.25, 0.3) is 0 Å². The third kappa shape index (κ3) is 6.12. The molecule has 0 unspecified atom stereocenters. The predicted octanol–water partition coefficient (Wildman–Crippen LogP) is 3.52. The molecular weight excluding hydrogens is 582 g/mol. The Morgan fingerprint density at radius 3 is 2.21 bits per heavy atom. The smallest absolute Gasteiger partial charge is 0.376 e. The van der Waals surface area contributed by atoms with Crippen molar-refractivity contribution in [3.63, 3.8) is 0 Å². The van der Waals surface area contributed by atoms with Crippen LogP contribution in [0.3, 0.4) is 0 Å². The fraction of sp³-hybridized carbons (Fsp3) is 0.333. The van der Waals surface area contributed by atoms with Gasteiger partial charge >= 0.3 is 6.18 Å². The number of rotatable bonds is 8. The Morgan fingerprint density at radius 2 is 1.64 bits per heavy atom. The van der Waals surface area contributed by atoms with Gasteiger partial charge in [0.25, 0.3) is 10.0 Å². The molecule has 8 nitrogen and oxygen atoms in total. The van der Waals surface area contributed by atoms with Crippen LogP contribution in [-0.2, 0) is 25.6 Å². The van der Waals surface area contributed by atoms with Crippen molar-refractivity contribution in [3.8, 4) is 0 Å². The monoisotopic (exact) mass is 607 g/mol. The first-order valence-corrected chi connectivity index (χ1v) is 15.4. The number of nitrogens with zero attached hydrogens (tertiary/aromatic N) is 2. The van der Waals surface area contributed by atoms with Gasteiger partial charge in [-0.15, -0.1) is 11.3 Å². The fourth-order valence-electron chi connectivity index (χ4n) is 4.14. The second-order valence-corrected chi connectivity index (χ2v) is 13.9. The highest BCUT2D eigenvalue weighted by Gasteiger charge is 2.51. The van der Waals surface area contributed by atoms with Crippen LogP contribution < -0.4 is 9.62 Å². The zero-order valence-corrected chi connectivity index (χ0v) is 22.9. The molecule has 2 aromatic carbocycles. The van der Waals surface area contributed by atoms with Gasteiger partial charge in [-0.05, 0) is 60.3 Å². The summed E-state index contributed by atoms with van der Waals surface area (Å²) in [5, 5.41) is 11.6. The number of nitrogens with one attached hydrogen (secondary N) is 1. The van der Waals surface area contributed by atoms with Gasteiger partial charge < -0.3 is 10.0 Å². The maximum atomic E-state index is 13.3. The number of benzene rings is 2. The zero-order chi connectivity index (χ0) is 28.6. The average Bonchev–Trinajstić information content (AvgIpc) is 3.43. The molecule has 1 aliphatic rings. The molecule has 2 heterocycles. The zero-order valence-electron chi connectivity index (χ0n) is 20.5. The normalized spacial score (nSPS) is 19.1. The Morgan fingerprint density at radius 1 is 1.00 bits per heavy atom. The highest BCUT2D eigenvalue weighted by atomic mass is 32.2. The van der Waals surface area contributed by atoms with Crippen LogP contribution in [0, 0.1) is 5.82 Å². The van der Waals surface area contributed by atoms with Crippen LogP contribution >= 0.6 is 11.3 Å². The lowest BCUT2D eigenvalue weighted by Crippen LogP contribution is -2.58. The molecule has 1 saturated heterocycles. The van der Waals surface area contributed by atoms with E-state index >= 15 is 0 Å². The van der Waals surface area contributed by atoms with E-state index in [4.69, 9.17) is 0 Å². The third-order valence-electron chi connectivity index (χ3n) is 6.48. The van der Waals surface area contributed by atoms with Gasteiger partial charge in [-0.3, -0.25) is 0 Å². The summed E-state index contributed by atoms with van der Waals surface area (Å²) in [6, 6.07) is 11.4. The Kier molecular flexibility index (Phi) is 8.13. The lowest BCUT2D eigenvalue weighted by Gasteiger charge is -2.42. The number of piperazine rings is 1. The lowest BCUT2D eigenvalue weighted by atomic mass is 9.95. The Hall–Kier alpha value is -2.56. The maximum Gasteiger partial charge on any atom is 0.421 e. The van der Waals surface area contributed by atoms with Gasteiger partial charge in [0.05, 0.1) is 10.9 Å². The van der Waals surface area contributed by atoms with E-state index < -0.39 is 43.7 Å². The van der Waals surface area contributed by atoms with E-state index in [1.54, 1.807) is 16.3 Å². The molecule has 15 heteroatoms. The summed E-state index contributed by atoms with van der Waals surface area (Å²) >= 11 is 1.04. The standard InChI is InChI=1S/C24H25F4N3O5S3/c1-23(32,24(26,27)28)17-4-8-19(9-5-17)31-13-12-30(39(35,36)22-3-2-14-37-22)16-20(31)15-29-38(33,34)21-10-6-18(25)7-11-21/h2-11,14,20,29,32H,12-13,15-16H2,1H3/t20-,23+/m0/s1. The molecule has 4 rings (SSSR count). The molecule has 2 N–H and O–H groups in total. The summed E-state index contributed by atoms with van der Waals surface area (Å²) in [7, 11) is -7.95. The second kappa shape index (κ2) is 10.8. The molecule has 3 aromatic rings. The van der Waals surface area contributed by atoms with Crippen LogP contribution in [0.5, 0.6) is 0 Å². The number of anilines is 1. The Balaban J connectivity index is 1.61. The summed E-state index contributed by atoms with van der Waals surface area (Å²) in [4.78, 5) is 1.51. The van der Waals surface area contributed by atoms with Crippen molar-refractivity contribution >= 4 is 37.1 Å². The van der Waals surface area contributed by atoms with E-state index in [2.05, 4.69) is 4.72 Å². The van der Waals surface area contributed by atoms with Gasteiger partial charge in [-0.2, -0.15) is 17.5 Å². The molecule has 0 bridgehead atoms. The van der Waals surface area contributed by atoms with Gasteiger partial charge in [-0.1, -0.05) is 18.2 Å². The van der Waals surface area contributed by atoms with Crippen LogP contribution in [-0.4, -0.2) is 64.6 Å². The predicted molar refractivity (Wildman–Crippen MR) is 138 cm³/mol. The van der Waals surface area contributed by atoms with Gasteiger partial charge in [-0.25, -0.2) is 25.9 Å². The highest BCUT2D eigenvalue weighted by Crippen LogP contribution is 2.39. The van der Waals surface area contributed by atoms with Crippen molar-refractivity contribution in [1.82, 2.24) is 9.03 Å². The van der Waals surface area contributed by atoms with E-state index in [1.165, 1.54) is 22.5 Å². The minimum Gasteiger partial charge on any atom is -0.376 e. The first-order chi connectivity index (χ1) is 18.1. The number of sulfonamides is 2. The van der Waals surface area contributed by atoms with Crippen molar-refractivity contribution in [2.75, 3.05) is 31.1 Å². The molecule has 212 valence electrons. The quantitative estimate of drug-likeness (QED) is 0.380. The molecular formula is C24H25F4N3O5S3. The van der Waals surface area contributed by atoms with Crippen LogP contribution in [0.15, 0.2) is 75.1 Å². The minimum absolute atomic E-state index is 0.0451. The van der Waals surface area contributed by atoms with E-state index in [0.29, 0.717) is 12.6 Å². The van der Waals surface area contributed by atoms with Crippen molar-refractivity contribution in [3.05, 3.63) is 77.4 Å². The molecule has 0 radical (unpaired) electrons. The van der Waals surface area contributed by atoms with Crippen LogP contribution in [0.4, 0.5) is 23.2 Å². The number of alkyl halides is 3. The molecule has 1 aliphatic heterocycles. The van der Waals surface area contributed by atoms with Gasteiger partial charge in [0.2, 0.25) is 10.0 Å². The summed E-state index contributed by atoms with van der Waals surface area (Å²) in [6.07, 6.45) is -4.91. The largest absolute Gasteiger partial charge is 0.421 e. The number of hydrogen-bond acceptors (Lipinski definition) is 7. The van der Waals surface area contributed by atoms with Crippen LogP contribution in [0.1, 0.15) is 12.5 Å². The Labute approximate surface area is 227 Å². The Bertz CT molecular complexity index is 1490. The summed E-state index contributed by atoms with van der Waals surface area (Å²) in [5.74, 6) is -0.616. The summed E-state index contributed by atoms with van der Waals surface area (Å²) in [6.45, 7) is 0.432. The average molecular weight is 608 g/mol. The number of hydrogen-bond donors (Lipinski definition) is 2. The van der Waals surface area contributed by atoms with Crippen LogP contribution in [0.2, 0.25) is 0 Å². The van der Waals surface area contributed by atoms with Crippen molar-refractivity contribution in [2.45, 2.75) is 33.8 Å². The van der Waals surface area contributed by atoms with E-state index in [1.807, 2.05) is 0 Å². The number of halogens is 4. The van der Waals surface area contributed by atoms with Crippen molar-refractivity contribution < 1.29 is 39.5 Å². The molecule has 1 aromatic heterocycles. The molecule has 0 aliphatic carbocycles. The number of aliphatic hydroxyl groups is 1. The van der Waals surface area contributed by atoms with E-state index in [-0.39, 0.29) is 40.8 Å². The summed E-state index contributed by atoms with van der Waals surface area (Å²) < 4.78 is 109. The second-order valence-electron chi connectivity index (χ2n) is 9.07. The third-order valence-corrected chi connectivity index (χ3v) is 11.2. The first-order valence-electron chi connectivity index (χ1n) is 11.6. The minimum atomic E-state index is -4.91. The number of thiophene rings is 1. The molecule has 0 saturated carbocycles. The maximum absolute atomic E-state index is 13.3. The molecule has 0 spiro atoms. The molecule has 0 amide bonds. The fourth-order valence-corrected chi connectivity index (χ4v) is 7.83. The molecule has 1 fully saturated rings. The lowest BCUT2D eigenvalue weighted by molar-refractivity contribution is -0.258. The molecule has 39 heavy (non-hydrogen) atoms. The van der Waals surface area contributed by atoms with E-state index in [9.17, 15) is 39.5 Å². The van der Waals surface area contributed by atoms with E-state index in [0.717, 1.165) is 47.7 Å². The highest BCUT2D eigenvalue weighted by molar-refractivity contribution is 7.91. The van der Waals surface area contributed by atoms with Gasteiger partial charge in [0.15, 0.2) is 5.60 Å². The molecule has 2 atom stereocenters. The first kappa shape index (κ1) is 29.4. The SMILES string of the molecule is C[C@@](O)(c1ccc(N2CCN(S(=O)(=O)c3cccs3)C[C@@H]2CNS(=O)(=O)c2ccc(F)cc2)cc1)C(F)(F)F. The summed E-state index contributed by atoms with van der Waals surface area (Å²) in [5.41, 5.74) is -3.05. The topological polar surface area (TPSA) is 107 Å². The van der Waals surface area contributed by atoms with Gasteiger partial charge in [0.1, 0.15) is 10.0 Å². The van der Waals surface area contributed by atoms with Crippen molar-refractivity contribution in [1.29, 1.82) is 0 Å².